The number of methoxy groups -OCH3 is 1. The van der Waals surface area contributed by atoms with E-state index >= 15 is 0 Å². The summed E-state index contributed by atoms with van der Waals surface area (Å²) in [6.07, 6.45) is -0.406. The van der Waals surface area contributed by atoms with Crippen molar-refractivity contribution in [1.82, 2.24) is 10.2 Å². The molecule has 0 radical (unpaired) electrons. The maximum absolute atomic E-state index is 11.2. The molecule has 0 fully saturated rings. The minimum atomic E-state index is -0.406. The average molecular weight is 265 g/mol. The van der Waals surface area contributed by atoms with E-state index in [-0.39, 0.29) is 6.04 Å². The molecular formula is C14H23N3O2. The third kappa shape index (κ3) is 4.44. The molecule has 0 aliphatic heterocycles. The Bertz CT molecular complexity index is 402. The molecule has 5 nitrogen and oxygen atoms in total. The van der Waals surface area contributed by atoms with E-state index in [1.165, 1.54) is 7.11 Å². The summed E-state index contributed by atoms with van der Waals surface area (Å²) in [5.74, 6) is 0. The van der Waals surface area contributed by atoms with Gasteiger partial charge in [0.15, 0.2) is 0 Å². The number of benzene rings is 1. The van der Waals surface area contributed by atoms with E-state index in [9.17, 15) is 4.79 Å². The largest absolute Gasteiger partial charge is 0.453 e. The number of hydrogen-bond donors (Lipinski definition) is 1. The zero-order chi connectivity index (χ0) is 14.4. The standard InChI is InChI=1S/C14H23N3O2/c1-16(2)12-8-6-11(7-9-12)13(17(3)4)10-15-14(18)19-5/h6-9,13H,10H2,1-5H3,(H,15,18). The van der Waals surface area contributed by atoms with E-state index < -0.39 is 6.09 Å². The van der Waals surface area contributed by atoms with Crippen molar-refractivity contribution in [2.75, 3.05) is 46.7 Å². The van der Waals surface area contributed by atoms with Crippen molar-refractivity contribution in [2.24, 2.45) is 0 Å². The average Bonchev–Trinajstić information content (AvgIpc) is 2.38. The Morgan fingerprint density at radius 3 is 2.21 bits per heavy atom. The Balaban J connectivity index is 2.78. The topological polar surface area (TPSA) is 44.8 Å². The molecule has 19 heavy (non-hydrogen) atoms. The Kier molecular flexibility index (Phi) is 5.63. The van der Waals surface area contributed by atoms with Gasteiger partial charge in [-0.1, -0.05) is 12.1 Å². The fraction of sp³-hybridized carbons (Fsp3) is 0.500. The van der Waals surface area contributed by atoms with Crippen molar-refractivity contribution >= 4 is 11.8 Å². The third-order valence-electron chi connectivity index (χ3n) is 3.04. The number of anilines is 1. The van der Waals surface area contributed by atoms with E-state index in [1.807, 2.05) is 28.2 Å². The van der Waals surface area contributed by atoms with Gasteiger partial charge < -0.3 is 19.9 Å². The molecule has 0 aliphatic rings. The minimum Gasteiger partial charge on any atom is -0.453 e. The van der Waals surface area contributed by atoms with E-state index in [0.29, 0.717) is 6.54 Å². The van der Waals surface area contributed by atoms with E-state index in [2.05, 4.69) is 44.1 Å². The Morgan fingerprint density at radius 2 is 1.79 bits per heavy atom. The predicted molar refractivity (Wildman–Crippen MR) is 77.6 cm³/mol. The lowest BCUT2D eigenvalue weighted by Crippen LogP contribution is -2.34. The van der Waals surface area contributed by atoms with Crippen LogP contribution >= 0.6 is 0 Å². The van der Waals surface area contributed by atoms with Crippen LogP contribution < -0.4 is 10.2 Å². The van der Waals surface area contributed by atoms with Gasteiger partial charge in [-0.15, -0.1) is 0 Å². The Morgan fingerprint density at radius 1 is 1.21 bits per heavy atom. The van der Waals surface area contributed by atoms with Crippen molar-refractivity contribution in [3.63, 3.8) is 0 Å². The van der Waals surface area contributed by atoms with Crippen LogP contribution in [0.25, 0.3) is 0 Å². The minimum absolute atomic E-state index is 0.121. The fourth-order valence-electron chi connectivity index (χ4n) is 1.85. The number of nitrogens with one attached hydrogen (secondary N) is 1. The molecule has 0 bridgehead atoms. The molecule has 0 aliphatic carbocycles. The van der Waals surface area contributed by atoms with Gasteiger partial charge in [0, 0.05) is 26.3 Å². The molecule has 106 valence electrons. The highest BCUT2D eigenvalue weighted by Crippen LogP contribution is 2.20. The number of ether oxygens (including phenoxy) is 1. The van der Waals surface area contributed by atoms with Crippen LogP contribution in [0.3, 0.4) is 0 Å². The van der Waals surface area contributed by atoms with E-state index in [0.717, 1.165) is 11.3 Å². The highest BCUT2D eigenvalue weighted by Gasteiger charge is 2.15. The third-order valence-corrected chi connectivity index (χ3v) is 3.04. The second-order valence-electron chi connectivity index (χ2n) is 4.84. The molecule has 5 heteroatoms. The Hall–Kier alpha value is -1.75. The first-order chi connectivity index (χ1) is 8.95. The van der Waals surface area contributed by atoms with Crippen LogP contribution in [0.2, 0.25) is 0 Å². The molecule has 0 saturated carbocycles. The van der Waals surface area contributed by atoms with E-state index in [4.69, 9.17) is 0 Å². The smallest absolute Gasteiger partial charge is 0.406 e. The number of amides is 1. The van der Waals surface area contributed by atoms with Crippen LogP contribution in [-0.4, -0.2) is 52.8 Å². The number of alkyl carbamates (subject to hydrolysis) is 1. The van der Waals surface area contributed by atoms with E-state index in [1.54, 1.807) is 0 Å². The highest BCUT2D eigenvalue weighted by molar-refractivity contribution is 5.66. The molecule has 1 aromatic carbocycles. The number of carbonyl (C=O) groups excluding carboxylic acids is 1. The lowest BCUT2D eigenvalue weighted by molar-refractivity contribution is 0.166. The van der Waals surface area contributed by atoms with Gasteiger partial charge in [-0.25, -0.2) is 4.79 Å². The monoisotopic (exact) mass is 265 g/mol. The molecule has 0 saturated heterocycles. The lowest BCUT2D eigenvalue weighted by atomic mass is 10.1. The fourth-order valence-corrected chi connectivity index (χ4v) is 1.85. The summed E-state index contributed by atoms with van der Waals surface area (Å²) >= 11 is 0. The van der Waals surface area contributed by atoms with Crippen molar-refractivity contribution in [1.29, 1.82) is 0 Å². The van der Waals surface area contributed by atoms with Crippen molar-refractivity contribution in [2.45, 2.75) is 6.04 Å². The maximum atomic E-state index is 11.2. The van der Waals surface area contributed by atoms with Gasteiger partial charge >= 0.3 is 6.09 Å². The SMILES string of the molecule is COC(=O)NCC(c1ccc(N(C)C)cc1)N(C)C. The van der Waals surface area contributed by atoms with Crippen LogP contribution in [-0.2, 0) is 4.74 Å². The molecule has 1 N–H and O–H groups in total. The summed E-state index contributed by atoms with van der Waals surface area (Å²) in [5.41, 5.74) is 2.31. The first-order valence-electron chi connectivity index (χ1n) is 6.21. The summed E-state index contributed by atoms with van der Waals surface area (Å²) in [5, 5.41) is 2.74. The molecule has 0 spiro atoms. The molecule has 1 aromatic rings. The first-order valence-corrected chi connectivity index (χ1v) is 6.21. The van der Waals surface area contributed by atoms with Crippen molar-refractivity contribution < 1.29 is 9.53 Å². The normalized spacial score (nSPS) is 12.1. The van der Waals surface area contributed by atoms with Gasteiger partial charge in [0.1, 0.15) is 0 Å². The van der Waals surface area contributed by atoms with Crippen LogP contribution in [0, 0.1) is 0 Å². The number of carbonyl (C=O) groups is 1. The zero-order valence-corrected chi connectivity index (χ0v) is 12.3. The second-order valence-corrected chi connectivity index (χ2v) is 4.84. The summed E-state index contributed by atoms with van der Waals surface area (Å²) in [6, 6.07) is 8.43. The number of nitrogens with zero attached hydrogens (tertiary/aromatic N) is 2. The quantitative estimate of drug-likeness (QED) is 0.880. The lowest BCUT2D eigenvalue weighted by Gasteiger charge is -2.25. The van der Waals surface area contributed by atoms with Crippen LogP contribution in [0.5, 0.6) is 0 Å². The predicted octanol–water partition coefficient (Wildman–Crippen LogP) is 1.71. The van der Waals surface area contributed by atoms with Gasteiger partial charge in [0.2, 0.25) is 0 Å². The van der Waals surface area contributed by atoms with Crippen LogP contribution in [0.1, 0.15) is 11.6 Å². The van der Waals surface area contributed by atoms with Gasteiger partial charge in [0.05, 0.1) is 13.2 Å². The summed E-state index contributed by atoms with van der Waals surface area (Å²) in [4.78, 5) is 15.3. The van der Waals surface area contributed by atoms with Crippen molar-refractivity contribution in [3.05, 3.63) is 29.8 Å². The molecule has 1 unspecified atom stereocenters. The Labute approximate surface area is 115 Å². The molecule has 1 amide bonds. The first kappa shape index (κ1) is 15.3. The second kappa shape index (κ2) is 6.99. The summed E-state index contributed by atoms with van der Waals surface area (Å²) in [7, 11) is 9.37. The summed E-state index contributed by atoms with van der Waals surface area (Å²) < 4.78 is 4.59. The zero-order valence-electron chi connectivity index (χ0n) is 12.3. The molecule has 1 rings (SSSR count). The number of hydrogen-bond acceptors (Lipinski definition) is 4. The molecule has 0 aromatic heterocycles. The number of rotatable bonds is 5. The highest BCUT2D eigenvalue weighted by atomic mass is 16.5. The van der Waals surface area contributed by atoms with Crippen LogP contribution in [0.4, 0.5) is 10.5 Å². The van der Waals surface area contributed by atoms with Crippen LogP contribution in [0.15, 0.2) is 24.3 Å². The van der Waals surface area contributed by atoms with Gasteiger partial charge in [-0.3, -0.25) is 0 Å². The molecule has 0 heterocycles. The maximum Gasteiger partial charge on any atom is 0.406 e. The number of likely N-dealkylation sites (N-methyl/N-ethyl adjacent to an activating group) is 1. The molecular weight excluding hydrogens is 242 g/mol. The van der Waals surface area contributed by atoms with Crippen molar-refractivity contribution in [3.8, 4) is 0 Å². The van der Waals surface area contributed by atoms with Gasteiger partial charge in [0.25, 0.3) is 0 Å². The summed E-state index contributed by atoms with van der Waals surface area (Å²) in [6.45, 7) is 0.515. The molecule has 1 atom stereocenters. The van der Waals surface area contributed by atoms with Gasteiger partial charge in [-0.05, 0) is 31.8 Å². The van der Waals surface area contributed by atoms with Gasteiger partial charge in [-0.2, -0.15) is 0 Å².